The first-order valence-electron chi connectivity index (χ1n) is 18.9. The SMILES string of the molecule is C.Cc1ccc(C(=O)Nc2ccc(C(=O)Nc3ccc(C(=O)NC4CCC(C)CC4)cc3OCC(C)C)cc2OCC(C)C)cc1OCCOC(C)(C)C. The standard InChI is InChI=1S/C43H59N3O7.CH4/c1-27(2)25-51-38-23-32(40(47)44-34-16-10-29(5)11-17-34)14-18-35(38)46-42(49)33-15-19-36(39(24-33)52-26-28(3)4)45-41(48)31-13-12-30(6)37(22-31)50-20-21-53-43(7,8)9;/h12-15,18-19,22-24,27-29,34H,10-11,16-17,20-21,25-26H2,1-9H3,(H,44,47)(H,45,48)(H,46,49);1H4. The summed E-state index contributed by atoms with van der Waals surface area (Å²) in [5, 5.41) is 9.08. The van der Waals surface area contributed by atoms with E-state index < -0.39 is 5.91 Å². The van der Waals surface area contributed by atoms with Crippen LogP contribution in [-0.2, 0) is 4.74 Å². The number of amides is 3. The molecule has 1 aliphatic carbocycles. The Bertz CT molecular complexity index is 1700. The largest absolute Gasteiger partial charge is 0.491 e. The summed E-state index contributed by atoms with van der Waals surface area (Å²) < 4.78 is 23.9. The van der Waals surface area contributed by atoms with E-state index in [9.17, 15) is 14.4 Å². The minimum absolute atomic E-state index is 0. The lowest BCUT2D eigenvalue weighted by Crippen LogP contribution is -2.37. The molecule has 1 fully saturated rings. The number of anilines is 2. The molecule has 3 amide bonds. The van der Waals surface area contributed by atoms with Crippen molar-refractivity contribution in [3.8, 4) is 17.2 Å². The first-order chi connectivity index (χ1) is 25.1. The molecule has 0 heterocycles. The summed E-state index contributed by atoms with van der Waals surface area (Å²) in [6.45, 7) is 19.8. The number of carbonyl (C=O) groups excluding carboxylic acids is 3. The number of benzene rings is 3. The average molecular weight is 746 g/mol. The maximum absolute atomic E-state index is 13.7. The van der Waals surface area contributed by atoms with E-state index in [1.54, 1.807) is 48.5 Å². The van der Waals surface area contributed by atoms with Gasteiger partial charge >= 0.3 is 0 Å². The van der Waals surface area contributed by atoms with Gasteiger partial charge in [-0.25, -0.2) is 0 Å². The van der Waals surface area contributed by atoms with Crippen LogP contribution < -0.4 is 30.2 Å². The molecule has 0 aliphatic heterocycles. The maximum atomic E-state index is 13.7. The molecule has 0 spiro atoms. The number of nitrogens with one attached hydrogen (secondary N) is 3. The molecule has 0 aromatic heterocycles. The number of aryl methyl sites for hydroxylation is 1. The van der Waals surface area contributed by atoms with Crippen molar-refractivity contribution < 1.29 is 33.3 Å². The molecule has 10 heteroatoms. The highest BCUT2D eigenvalue weighted by atomic mass is 16.5. The van der Waals surface area contributed by atoms with Gasteiger partial charge in [0.25, 0.3) is 17.7 Å². The predicted molar refractivity (Wildman–Crippen MR) is 217 cm³/mol. The summed E-state index contributed by atoms with van der Waals surface area (Å²) in [6.07, 6.45) is 4.15. The van der Waals surface area contributed by atoms with Gasteiger partial charge in [-0.3, -0.25) is 14.4 Å². The molecule has 54 heavy (non-hydrogen) atoms. The summed E-state index contributed by atoms with van der Waals surface area (Å²) in [5.41, 5.74) is 2.73. The van der Waals surface area contributed by atoms with Crippen molar-refractivity contribution in [2.75, 3.05) is 37.1 Å². The van der Waals surface area contributed by atoms with Crippen LogP contribution in [0.15, 0.2) is 54.6 Å². The molecule has 0 saturated heterocycles. The van der Waals surface area contributed by atoms with Gasteiger partial charge in [-0.2, -0.15) is 0 Å². The number of carbonyl (C=O) groups is 3. The third-order valence-electron chi connectivity index (χ3n) is 8.81. The van der Waals surface area contributed by atoms with E-state index in [1.807, 2.05) is 61.5 Å². The van der Waals surface area contributed by atoms with Crippen LogP contribution in [0.3, 0.4) is 0 Å². The van der Waals surface area contributed by atoms with Crippen LogP contribution in [0.5, 0.6) is 17.2 Å². The predicted octanol–water partition coefficient (Wildman–Crippen LogP) is 9.71. The molecule has 1 saturated carbocycles. The van der Waals surface area contributed by atoms with Crippen LogP contribution in [0, 0.1) is 24.7 Å². The molecule has 0 bridgehead atoms. The van der Waals surface area contributed by atoms with Crippen molar-refractivity contribution >= 4 is 29.1 Å². The molecule has 3 aromatic carbocycles. The molecule has 1 aliphatic rings. The maximum Gasteiger partial charge on any atom is 0.255 e. The molecule has 10 nitrogen and oxygen atoms in total. The summed E-state index contributed by atoms with van der Waals surface area (Å²) in [5.74, 6) is 1.61. The molecule has 296 valence electrons. The van der Waals surface area contributed by atoms with E-state index in [1.165, 1.54) is 0 Å². The van der Waals surface area contributed by atoms with E-state index in [2.05, 4.69) is 22.9 Å². The van der Waals surface area contributed by atoms with E-state index in [0.717, 1.165) is 31.2 Å². The number of hydrogen-bond acceptors (Lipinski definition) is 7. The van der Waals surface area contributed by atoms with Gasteiger partial charge < -0.3 is 34.9 Å². The van der Waals surface area contributed by atoms with Gasteiger partial charge in [-0.15, -0.1) is 0 Å². The third kappa shape index (κ3) is 13.7. The highest BCUT2D eigenvalue weighted by molar-refractivity contribution is 6.08. The fourth-order valence-corrected chi connectivity index (χ4v) is 5.74. The summed E-state index contributed by atoms with van der Waals surface area (Å²) in [6, 6.07) is 15.5. The van der Waals surface area contributed by atoms with Crippen LogP contribution in [0.25, 0.3) is 0 Å². The number of hydrogen-bond donors (Lipinski definition) is 3. The van der Waals surface area contributed by atoms with Crippen LogP contribution >= 0.6 is 0 Å². The van der Waals surface area contributed by atoms with Gasteiger partial charge in [0.05, 0.1) is 36.8 Å². The van der Waals surface area contributed by atoms with Crippen molar-refractivity contribution in [3.05, 3.63) is 76.9 Å². The van der Waals surface area contributed by atoms with Crippen LogP contribution in [0.4, 0.5) is 11.4 Å². The molecule has 0 atom stereocenters. The molecular formula is C44H63N3O7. The Morgan fingerprint density at radius 2 is 1.13 bits per heavy atom. The van der Waals surface area contributed by atoms with Crippen molar-refractivity contribution in [1.29, 1.82) is 0 Å². The van der Waals surface area contributed by atoms with E-state index in [0.29, 0.717) is 77.7 Å². The Hall–Kier alpha value is -4.57. The average Bonchev–Trinajstić information content (AvgIpc) is 3.10. The van der Waals surface area contributed by atoms with Gasteiger partial charge in [-0.05, 0) is 125 Å². The Kier molecular flexibility index (Phi) is 16.4. The van der Waals surface area contributed by atoms with Crippen molar-refractivity contribution in [1.82, 2.24) is 5.32 Å². The highest BCUT2D eigenvalue weighted by Crippen LogP contribution is 2.31. The van der Waals surface area contributed by atoms with Crippen LogP contribution in [0.1, 0.15) is 125 Å². The van der Waals surface area contributed by atoms with Gasteiger partial charge in [-0.1, -0.05) is 48.1 Å². The fourth-order valence-electron chi connectivity index (χ4n) is 5.74. The quantitative estimate of drug-likeness (QED) is 0.125. The lowest BCUT2D eigenvalue weighted by atomic mass is 9.87. The lowest BCUT2D eigenvalue weighted by molar-refractivity contribution is -0.0163. The zero-order valence-corrected chi connectivity index (χ0v) is 33.0. The van der Waals surface area contributed by atoms with E-state index in [-0.39, 0.29) is 42.7 Å². The molecule has 3 N–H and O–H groups in total. The summed E-state index contributed by atoms with van der Waals surface area (Å²) in [4.78, 5) is 40.3. The smallest absolute Gasteiger partial charge is 0.255 e. The molecule has 0 unspecified atom stereocenters. The highest BCUT2D eigenvalue weighted by Gasteiger charge is 2.22. The Labute approximate surface area is 323 Å². The second-order valence-corrected chi connectivity index (χ2v) is 16.0. The van der Waals surface area contributed by atoms with Gasteiger partial charge in [0.1, 0.15) is 23.9 Å². The normalized spacial score (nSPS) is 15.6. The van der Waals surface area contributed by atoms with Crippen LogP contribution in [-0.4, -0.2) is 55.8 Å². The Balaban J connectivity index is 0.00000784. The second-order valence-electron chi connectivity index (χ2n) is 16.0. The minimum atomic E-state index is -0.393. The monoisotopic (exact) mass is 745 g/mol. The zero-order valence-electron chi connectivity index (χ0n) is 33.0. The first-order valence-corrected chi connectivity index (χ1v) is 18.9. The van der Waals surface area contributed by atoms with Crippen molar-refractivity contribution in [2.45, 2.75) is 107 Å². The van der Waals surface area contributed by atoms with Crippen molar-refractivity contribution in [2.24, 2.45) is 17.8 Å². The summed E-state index contributed by atoms with van der Waals surface area (Å²) >= 11 is 0. The summed E-state index contributed by atoms with van der Waals surface area (Å²) in [7, 11) is 0. The topological polar surface area (TPSA) is 124 Å². The molecular weight excluding hydrogens is 682 g/mol. The van der Waals surface area contributed by atoms with E-state index in [4.69, 9.17) is 18.9 Å². The molecule has 3 aromatic rings. The third-order valence-corrected chi connectivity index (χ3v) is 8.81. The van der Waals surface area contributed by atoms with Crippen LogP contribution in [0.2, 0.25) is 0 Å². The zero-order chi connectivity index (χ0) is 38.7. The Morgan fingerprint density at radius 3 is 1.61 bits per heavy atom. The molecule has 4 rings (SSSR count). The van der Waals surface area contributed by atoms with Gasteiger partial charge in [0, 0.05) is 22.7 Å². The second kappa shape index (κ2) is 20.2. The van der Waals surface area contributed by atoms with Gasteiger partial charge in [0.15, 0.2) is 0 Å². The minimum Gasteiger partial charge on any atom is -0.491 e. The van der Waals surface area contributed by atoms with E-state index >= 15 is 0 Å². The molecule has 0 radical (unpaired) electrons. The first kappa shape index (κ1) is 43.8. The fraction of sp³-hybridized carbons (Fsp3) is 0.523. The number of ether oxygens (including phenoxy) is 4. The van der Waals surface area contributed by atoms with Gasteiger partial charge in [0.2, 0.25) is 0 Å². The Morgan fingerprint density at radius 1 is 0.667 bits per heavy atom. The number of rotatable bonds is 16. The lowest BCUT2D eigenvalue weighted by Gasteiger charge is -2.27. The van der Waals surface area contributed by atoms with Crippen molar-refractivity contribution in [3.63, 3.8) is 0 Å².